The van der Waals surface area contributed by atoms with Crippen LogP contribution in [0.5, 0.6) is 5.75 Å². The molecule has 1 aromatic rings. The topological polar surface area (TPSA) is 212 Å². The fourth-order valence-corrected chi connectivity index (χ4v) is 6.30. The average molecular weight is 753 g/mol. The minimum Gasteiger partial charge on any atom is -0.508 e. The largest absolute Gasteiger partial charge is 0.508 e. The number of aliphatic hydroxyl groups excluding tert-OH is 2. The molecule has 14 heteroatoms. The highest BCUT2D eigenvalue weighted by Gasteiger charge is 2.38. The van der Waals surface area contributed by atoms with E-state index in [1.807, 2.05) is 0 Å². The van der Waals surface area contributed by atoms with Gasteiger partial charge in [-0.25, -0.2) is 10.2 Å². The van der Waals surface area contributed by atoms with E-state index in [1.165, 1.54) is 24.1 Å². The molecular formula is C40H56N4O10. The van der Waals surface area contributed by atoms with E-state index in [4.69, 9.17) is 4.74 Å². The van der Waals surface area contributed by atoms with Crippen LogP contribution in [-0.4, -0.2) is 93.0 Å². The molecule has 0 radical (unpaired) electrons. The zero-order valence-corrected chi connectivity index (χ0v) is 32.0. The number of nitrogens with one attached hydrogen (secondary N) is 3. The smallest absolute Gasteiger partial charge is 0.330 e. The van der Waals surface area contributed by atoms with E-state index >= 15 is 0 Å². The number of cyclic esters (lactones) is 1. The molecule has 3 rings (SSSR count). The van der Waals surface area contributed by atoms with Gasteiger partial charge in [0.1, 0.15) is 41.7 Å². The van der Waals surface area contributed by atoms with Crippen molar-refractivity contribution in [2.24, 2.45) is 17.8 Å². The van der Waals surface area contributed by atoms with Gasteiger partial charge in [0, 0.05) is 38.1 Å². The van der Waals surface area contributed by atoms with Gasteiger partial charge in [0.15, 0.2) is 0 Å². The van der Waals surface area contributed by atoms with Crippen molar-refractivity contribution in [3.05, 3.63) is 65.0 Å². The zero-order valence-electron chi connectivity index (χ0n) is 32.0. The maximum absolute atomic E-state index is 14.2. The van der Waals surface area contributed by atoms with E-state index in [2.05, 4.69) is 16.1 Å². The Kier molecular flexibility index (Phi) is 16.8. The normalized spacial score (nSPS) is 27.6. The van der Waals surface area contributed by atoms with Crippen LogP contribution in [0.25, 0.3) is 0 Å². The fourth-order valence-electron chi connectivity index (χ4n) is 6.30. The summed E-state index contributed by atoms with van der Waals surface area (Å²) in [4.78, 5) is 78.9. The Bertz CT molecular complexity index is 1620. The van der Waals surface area contributed by atoms with Crippen molar-refractivity contribution in [3.63, 3.8) is 0 Å². The van der Waals surface area contributed by atoms with Crippen LogP contribution in [0.15, 0.2) is 53.8 Å². The van der Waals surface area contributed by atoms with E-state index in [-0.39, 0.29) is 55.9 Å². The summed E-state index contributed by atoms with van der Waals surface area (Å²) in [6.45, 7) is 9.93. The Balaban J connectivity index is 2.09. The Morgan fingerprint density at radius 1 is 1.07 bits per heavy atom. The number of amides is 3. The molecule has 2 aliphatic heterocycles. The number of carbonyl (C=O) groups excluding carboxylic acids is 6. The zero-order chi connectivity index (χ0) is 40.1. The molecule has 1 unspecified atom stereocenters. The number of aldehydes is 1. The van der Waals surface area contributed by atoms with Gasteiger partial charge in [-0.1, -0.05) is 57.2 Å². The number of hydrogen-bond acceptors (Lipinski definition) is 11. The number of phenols is 1. The number of nitrogens with zero attached hydrogens (tertiary/aromatic N) is 1. The van der Waals surface area contributed by atoms with E-state index in [0.29, 0.717) is 35.8 Å². The van der Waals surface area contributed by atoms with E-state index < -0.39 is 71.8 Å². The first-order valence-corrected chi connectivity index (χ1v) is 18.5. The van der Waals surface area contributed by atoms with E-state index in [0.717, 1.165) is 0 Å². The third kappa shape index (κ3) is 12.5. The van der Waals surface area contributed by atoms with Crippen molar-refractivity contribution in [2.45, 2.75) is 117 Å². The monoisotopic (exact) mass is 752 g/mol. The minimum atomic E-state index is -1.41. The van der Waals surface area contributed by atoms with Gasteiger partial charge >= 0.3 is 5.97 Å². The maximum Gasteiger partial charge on any atom is 0.330 e. The molecule has 2 bridgehead atoms. The van der Waals surface area contributed by atoms with Crippen LogP contribution < -0.4 is 16.1 Å². The highest BCUT2D eigenvalue weighted by Crippen LogP contribution is 2.25. The summed E-state index contributed by atoms with van der Waals surface area (Å²) in [5.74, 6) is -5.10. The van der Waals surface area contributed by atoms with E-state index in [1.54, 1.807) is 65.0 Å². The number of ketones is 1. The van der Waals surface area contributed by atoms with Crippen LogP contribution in [0.2, 0.25) is 0 Å². The average Bonchev–Trinajstić information content (AvgIpc) is 3.12. The molecule has 0 saturated carbocycles. The molecule has 14 nitrogen and oxygen atoms in total. The molecule has 2 heterocycles. The molecule has 6 N–H and O–H groups in total. The van der Waals surface area contributed by atoms with Crippen LogP contribution in [-0.2, 0) is 39.9 Å². The van der Waals surface area contributed by atoms with Gasteiger partial charge < -0.3 is 40.3 Å². The molecule has 1 saturated heterocycles. The van der Waals surface area contributed by atoms with Crippen LogP contribution in [0.4, 0.5) is 0 Å². The number of aromatic hydroxyl groups is 1. The molecule has 3 amide bonds. The summed E-state index contributed by atoms with van der Waals surface area (Å²) in [5.41, 5.74) is 4.64. The number of hydrogen-bond donors (Lipinski definition) is 6. The number of benzene rings is 1. The lowest BCUT2D eigenvalue weighted by Crippen LogP contribution is -2.62. The number of carbonyl (C=O) groups is 6. The van der Waals surface area contributed by atoms with Gasteiger partial charge in [-0.2, -0.15) is 0 Å². The summed E-state index contributed by atoms with van der Waals surface area (Å²) < 4.78 is 5.78. The SMILES string of the molecule is CC(=O)CC[C@H]1C(=O)N[C@@H](C(C)C)C(=O)N[C@@H](Cc2ccc(C)c(O)c2)C(=O)N2CCCC(N2)C(=O)O/C(=C(/C)CC=O)CC=CC=C[C@H](O)[C@H](C)[C@H]1O. The third-order valence-corrected chi connectivity index (χ3v) is 9.89. The van der Waals surface area contributed by atoms with Gasteiger partial charge in [-0.15, -0.1) is 0 Å². The first-order valence-electron chi connectivity index (χ1n) is 18.5. The second kappa shape index (κ2) is 20.7. The van der Waals surface area contributed by atoms with Gasteiger partial charge in [0.05, 0.1) is 18.1 Å². The van der Waals surface area contributed by atoms with Gasteiger partial charge in [0.25, 0.3) is 5.91 Å². The highest BCUT2D eigenvalue weighted by atomic mass is 16.5. The van der Waals surface area contributed by atoms with Crippen LogP contribution >= 0.6 is 0 Å². The Morgan fingerprint density at radius 2 is 1.80 bits per heavy atom. The first-order chi connectivity index (χ1) is 25.5. The number of rotatable bonds is 8. The quantitative estimate of drug-likeness (QED) is 0.168. The minimum absolute atomic E-state index is 0.00416. The predicted octanol–water partition coefficient (Wildman–Crippen LogP) is 2.63. The van der Waals surface area contributed by atoms with Crippen molar-refractivity contribution in [2.75, 3.05) is 6.54 Å². The molecule has 7 atom stereocenters. The summed E-state index contributed by atoms with van der Waals surface area (Å²) in [7, 11) is 0. The molecule has 296 valence electrons. The number of aliphatic hydroxyl groups is 2. The molecule has 1 aromatic carbocycles. The molecule has 54 heavy (non-hydrogen) atoms. The number of phenolic OH excluding ortho intramolecular Hbond substituents is 1. The highest BCUT2D eigenvalue weighted by molar-refractivity contribution is 5.93. The second-order valence-electron chi connectivity index (χ2n) is 14.6. The summed E-state index contributed by atoms with van der Waals surface area (Å²) in [6, 6.07) is 1.58. The maximum atomic E-state index is 14.2. The van der Waals surface area contributed by atoms with Crippen molar-refractivity contribution in [1.82, 2.24) is 21.1 Å². The lowest BCUT2D eigenvalue weighted by Gasteiger charge is -2.36. The number of allylic oxidation sites excluding steroid dienone is 4. The molecule has 2 aliphatic rings. The second-order valence-corrected chi connectivity index (χ2v) is 14.6. The summed E-state index contributed by atoms with van der Waals surface area (Å²) in [6.07, 6.45) is 5.13. The van der Waals surface area contributed by atoms with Crippen molar-refractivity contribution < 1.29 is 48.8 Å². The van der Waals surface area contributed by atoms with E-state index in [9.17, 15) is 44.1 Å². The number of fused-ring (bicyclic) bond motifs is 2. The molecule has 0 spiro atoms. The lowest BCUT2D eigenvalue weighted by molar-refractivity contribution is -0.150. The van der Waals surface area contributed by atoms with Gasteiger partial charge in [-0.3, -0.25) is 19.4 Å². The van der Waals surface area contributed by atoms with Gasteiger partial charge in [0.2, 0.25) is 11.8 Å². The fraction of sp³-hybridized carbons (Fsp3) is 0.550. The van der Waals surface area contributed by atoms with Crippen molar-refractivity contribution >= 4 is 35.8 Å². The third-order valence-electron chi connectivity index (χ3n) is 9.89. The first kappa shape index (κ1) is 43.7. The van der Waals surface area contributed by atoms with Crippen LogP contribution in [0.1, 0.15) is 84.3 Å². The molecule has 0 aliphatic carbocycles. The Morgan fingerprint density at radius 3 is 2.44 bits per heavy atom. The van der Waals surface area contributed by atoms with Crippen LogP contribution in [0.3, 0.4) is 0 Å². The standard InChI is InChI=1S/C40H56N4O10/c1-23(2)35-38(51)41-31(21-28-16-14-24(3)33(48)22-28)39(52)44-19-10-11-30(43-44)40(53)54-34(25(4)18-20-45)13-9-7-8-12-32(47)27(6)36(49)29(37(50)42-35)17-15-26(5)46/h7-9,12,14,16,20,22-23,27,29-32,35-36,43,47-49H,10-11,13,15,17-19,21H2,1-6H3,(H,41,51)(H,42,50)/b9-7?,12-8?,34-25-/t27-,29+,30?,31-,32-,35-,36+/m0/s1. The number of hydrazine groups is 1. The Hall–Kier alpha value is -4.66. The summed E-state index contributed by atoms with van der Waals surface area (Å²) >= 11 is 0. The molecule has 1 fully saturated rings. The Labute approximate surface area is 317 Å². The number of Topliss-reactive ketones (excluding diaryl/α,β-unsaturated/α-hetero) is 1. The van der Waals surface area contributed by atoms with Gasteiger partial charge in [-0.05, 0) is 68.7 Å². The predicted molar refractivity (Wildman–Crippen MR) is 200 cm³/mol. The number of esters is 1. The van der Waals surface area contributed by atoms with Crippen molar-refractivity contribution in [3.8, 4) is 5.75 Å². The molecular weight excluding hydrogens is 696 g/mol. The van der Waals surface area contributed by atoms with Crippen molar-refractivity contribution in [1.29, 1.82) is 0 Å². The number of aryl methyl sites for hydroxylation is 1. The number of ether oxygens (including phenoxy) is 1. The lowest BCUT2D eigenvalue weighted by atomic mass is 9.84. The van der Waals surface area contributed by atoms with Crippen LogP contribution in [0, 0.1) is 24.7 Å². The summed E-state index contributed by atoms with van der Waals surface area (Å²) in [5, 5.41) is 39.5. The molecule has 0 aromatic heterocycles.